The van der Waals surface area contributed by atoms with Crippen molar-refractivity contribution in [3.63, 3.8) is 0 Å². The highest BCUT2D eigenvalue weighted by atomic mass is 19.1. The van der Waals surface area contributed by atoms with Crippen molar-refractivity contribution in [2.45, 2.75) is 12.8 Å². The summed E-state index contributed by atoms with van der Waals surface area (Å²) in [5, 5.41) is 2.86. The lowest BCUT2D eigenvalue weighted by Crippen LogP contribution is -2.24. The molecular formula is C24H23FN2O4. The third-order valence-corrected chi connectivity index (χ3v) is 4.43. The van der Waals surface area contributed by atoms with E-state index in [1.54, 1.807) is 60.7 Å². The van der Waals surface area contributed by atoms with Gasteiger partial charge in [-0.05, 0) is 85.6 Å². The maximum atomic E-state index is 12.8. The van der Waals surface area contributed by atoms with Crippen molar-refractivity contribution in [3.05, 3.63) is 89.7 Å². The van der Waals surface area contributed by atoms with Crippen LogP contribution in [0.3, 0.4) is 0 Å². The standard InChI is InChI=1S/C24H23FN2O4/c25-19-7-13-20(14-8-19)30-16-2-1-15-27-24(29)18-5-11-22(12-6-18)31-21-9-3-17(4-10-21)23(26)28/h3-14H,1-2,15-16H2,(H2,26,28)(H,27,29). The van der Waals surface area contributed by atoms with Crippen LogP contribution < -0.4 is 20.5 Å². The molecule has 6 nitrogen and oxygen atoms in total. The summed E-state index contributed by atoms with van der Waals surface area (Å²) in [5.41, 5.74) is 6.14. The molecule has 0 saturated carbocycles. The first-order valence-electron chi connectivity index (χ1n) is 9.85. The van der Waals surface area contributed by atoms with E-state index in [9.17, 15) is 14.0 Å². The molecule has 0 spiro atoms. The van der Waals surface area contributed by atoms with Gasteiger partial charge in [0, 0.05) is 17.7 Å². The van der Waals surface area contributed by atoms with E-state index in [1.165, 1.54) is 12.1 Å². The van der Waals surface area contributed by atoms with Crippen molar-refractivity contribution in [3.8, 4) is 17.2 Å². The molecule has 2 amide bonds. The number of carbonyl (C=O) groups excluding carboxylic acids is 2. The summed E-state index contributed by atoms with van der Waals surface area (Å²) in [6, 6.07) is 19.1. The predicted octanol–water partition coefficient (Wildman–Crippen LogP) is 4.31. The van der Waals surface area contributed by atoms with Crippen LogP contribution in [0.15, 0.2) is 72.8 Å². The van der Waals surface area contributed by atoms with Gasteiger partial charge in [0.25, 0.3) is 5.91 Å². The Balaban J connectivity index is 1.37. The van der Waals surface area contributed by atoms with E-state index >= 15 is 0 Å². The largest absolute Gasteiger partial charge is 0.494 e. The van der Waals surface area contributed by atoms with E-state index < -0.39 is 5.91 Å². The molecular weight excluding hydrogens is 399 g/mol. The zero-order valence-corrected chi connectivity index (χ0v) is 16.8. The van der Waals surface area contributed by atoms with E-state index in [0.29, 0.717) is 41.5 Å². The Kier molecular flexibility index (Phi) is 7.59. The maximum absolute atomic E-state index is 12.8. The molecule has 0 fully saturated rings. The molecule has 3 rings (SSSR count). The number of halogens is 1. The van der Waals surface area contributed by atoms with Gasteiger partial charge in [-0.3, -0.25) is 9.59 Å². The van der Waals surface area contributed by atoms with Crippen molar-refractivity contribution in [2.75, 3.05) is 13.2 Å². The molecule has 0 aromatic heterocycles. The quantitative estimate of drug-likeness (QED) is 0.477. The summed E-state index contributed by atoms with van der Waals surface area (Å²) in [5.74, 6) is 0.788. The number of benzene rings is 3. The van der Waals surface area contributed by atoms with Gasteiger partial charge in [0.2, 0.25) is 5.91 Å². The zero-order chi connectivity index (χ0) is 22.1. The lowest BCUT2D eigenvalue weighted by atomic mass is 10.2. The molecule has 3 aromatic carbocycles. The third-order valence-electron chi connectivity index (χ3n) is 4.43. The lowest BCUT2D eigenvalue weighted by Gasteiger charge is -2.09. The summed E-state index contributed by atoms with van der Waals surface area (Å²) in [4.78, 5) is 23.3. The summed E-state index contributed by atoms with van der Waals surface area (Å²) in [7, 11) is 0. The number of rotatable bonds is 10. The van der Waals surface area contributed by atoms with Gasteiger partial charge in [0.1, 0.15) is 23.1 Å². The monoisotopic (exact) mass is 422 g/mol. The fourth-order valence-corrected chi connectivity index (χ4v) is 2.75. The summed E-state index contributed by atoms with van der Waals surface area (Å²) in [6.07, 6.45) is 1.52. The number of carbonyl (C=O) groups is 2. The van der Waals surface area contributed by atoms with Crippen LogP contribution in [-0.4, -0.2) is 25.0 Å². The second-order valence-corrected chi connectivity index (χ2v) is 6.78. The average Bonchev–Trinajstić information content (AvgIpc) is 2.78. The van der Waals surface area contributed by atoms with E-state index in [2.05, 4.69) is 5.32 Å². The lowest BCUT2D eigenvalue weighted by molar-refractivity contribution is 0.0951. The molecule has 0 aliphatic rings. The highest BCUT2D eigenvalue weighted by molar-refractivity contribution is 5.94. The van der Waals surface area contributed by atoms with E-state index in [1.807, 2.05) is 0 Å². The van der Waals surface area contributed by atoms with Crippen LogP contribution in [0.25, 0.3) is 0 Å². The zero-order valence-electron chi connectivity index (χ0n) is 16.8. The smallest absolute Gasteiger partial charge is 0.251 e. The molecule has 0 atom stereocenters. The second kappa shape index (κ2) is 10.8. The number of hydrogen-bond acceptors (Lipinski definition) is 4. The molecule has 3 N–H and O–H groups in total. The van der Waals surface area contributed by atoms with Crippen LogP contribution in [0, 0.1) is 5.82 Å². The van der Waals surface area contributed by atoms with Gasteiger partial charge in [-0.15, -0.1) is 0 Å². The van der Waals surface area contributed by atoms with Crippen molar-refractivity contribution in [1.82, 2.24) is 5.32 Å². The van der Waals surface area contributed by atoms with Crippen LogP contribution in [0.1, 0.15) is 33.6 Å². The minimum Gasteiger partial charge on any atom is -0.494 e. The number of hydrogen-bond donors (Lipinski definition) is 2. The van der Waals surface area contributed by atoms with Crippen LogP contribution in [0.4, 0.5) is 4.39 Å². The highest BCUT2D eigenvalue weighted by Crippen LogP contribution is 2.22. The molecule has 0 aliphatic carbocycles. The fourth-order valence-electron chi connectivity index (χ4n) is 2.75. The van der Waals surface area contributed by atoms with Crippen molar-refractivity contribution in [1.29, 1.82) is 0 Å². The Morgan fingerprint density at radius 1 is 0.774 bits per heavy atom. The van der Waals surface area contributed by atoms with E-state index in [-0.39, 0.29) is 11.7 Å². The van der Waals surface area contributed by atoms with Gasteiger partial charge in [-0.1, -0.05) is 0 Å². The van der Waals surface area contributed by atoms with Crippen molar-refractivity contribution < 1.29 is 23.5 Å². The summed E-state index contributed by atoms with van der Waals surface area (Å²) < 4.78 is 24.0. The topological polar surface area (TPSA) is 90.7 Å². The van der Waals surface area contributed by atoms with Crippen LogP contribution >= 0.6 is 0 Å². The Labute approximate surface area is 179 Å². The molecule has 160 valence electrons. The van der Waals surface area contributed by atoms with Crippen LogP contribution in [0.2, 0.25) is 0 Å². The van der Waals surface area contributed by atoms with E-state index in [0.717, 1.165) is 12.8 Å². The van der Waals surface area contributed by atoms with Crippen molar-refractivity contribution in [2.24, 2.45) is 5.73 Å². The fraction of sp³-hybridized carbons (Fsp3) is 0.167. The molecule has 0 saturated heterocycles. The molecule has 7 heteroatoms. The first-order valence-corrected chi connectivity index (χ1v) is 9.85. The molecule has 3 aromatic rings. The minimum atomic E-state index is -0.498. The summed E-state index contributed by atoms with van der Waals surface area (Å²) >= 11 is 0. The van der Waals surface area contributed by atoms with E-state index in [4.69, 9.17) is 15.2 Å². The molecule has 31 heavy (non-hydrogen) atoms. The first-order chi connectivity index (χ1) is 15.0. The van der Waals surface area contributed by atoms with Gasteiger partial charge in [0.05, 0.1) is 6.61 Å². The molecule has 0 radical (unpaired) electrons. The Morgan fingerprint density at radius 2 is 1.32 bits per heavy atom. The van der Waals surface area contributed by atoms with Gasteiger partial charge < -0.3 is 20.5 Å². The van der Waals surface area contributed by atoms with Gasteiger partial charge >= 0.3 is 0 Å². The number of primary amides is 1. The van der Waals surface area contributed by atoms with Crippen molar-refractivity contribution >= 4 is 11.8 Å². The second-order valence-electron chi connectivity index (χ2n) is 6.78. The van der Waals surface area contributed by atoms with Crippen LogP contribution in [0.5, 0.6) is 17.2 Å². The Hall–Kier alpha value is -3.87. The molecule has 0 heterocycles. The summed E-state index contributed by atoms with van der Waals surface area (Å²) in [6.45, 7) is 1.02. The number of unbranched alkanes of at least 4 members (excludes halogenated alkanes) is 1. The number of nitrogens with one attached hydrogen (secondary N) is 1. The number of nitrogens with two attached hydrogens (primary N) is 1. The number of ether oxygens (including phenoxy) is 2. The highest BCUT2D eigenvalue weighted by Gasteiger charge is 2.06. The molecule has 0 unspecified atom stereocenters. The minimum absolute atomic E-state index is 0.170. The van der Waals surface area contributed by atoms with Gasteiger partial charge in [-0.2, -0.15) is 0 Å². The maximum Gasteiger partial charge on any atom is 0.251 e. The Bertz CT molecular complexity index is 1000. The SMILES string of the molecule is NC(=O)c1ccc(Oc2ccc(C(=O)NCCCCOc3ccc(F)cc3)cc2)cc1. The Morgan fingerprint density at radius 3 is 1.90 bits per heavy atom. The number of amides is 2. The predicted molar refractivity (Wildman–Crippen MR) is 115 cm³/mol. The normalized spacial score (nSPS) is 10.4. The van der Waals surface area contributed by atoms with Crippen LogP contribution in [-0.2, 0) is 0 Å². The average molecular weight is 422 g/mol. The third kappa shape index (κ3) is 6.85. The molecule has 0 bridgehead atoms. The molecule has 0 aliphatic heterocycles. The first kappa shape index (κ1) is 21.8. The van der Waals surface area contributed by atoms with Gasteiger partial charge in [0.15, 0.2) is 0 Å². The van der Waals surface area contributed by atoms with Gasteiger partial charge in [-0.25, -0.2) is 4.39 Å².